The first-order chi connectivity index (χ1) is 16.9. The monoisotopic (exact) mass is 547 g/mol. The minimum atomic E-state index is -0.162. The molecule has 1 heterocycles. The van der Waals surface area contributed by atoms with Crippen LogP contribution in [0.3, 0.4) is 0 Å². The van der Waals surface area contributed by atoms with E-state index in [0.717, 1.165) is 28.1 Å². The van der Waals surface area contributed by atoms with Crippen LogP contribution >= 0.6 is 27.7 Å². The van der Waals surface area contributed by atoms with Crippen molar-refractivity contribution in [1.82, 2.24) is 0 Å². The molecule has 1 aliphatic rings. The molecule has 8 heteroatoms. The van der Waals surface area contributed by atoms with Crippen LogP contribution in [0.5, 0.6) is 11.5 Å². The first kappa shape index (κ1) is 24.6. The van der Waals surface area contributed by atoms with Crippen molar-refractivity contribution in [3.63, 3.8) is 0 Å². The van der Waals surface area contributed by atoms with Gasteiger partial charge in [-0.05, 0) is 89.6 Å². The number of hydrogen-bond donors (Lipinski definition) is 0. The van der Waals surface area contributed by atoms with Gasteiger partial charge in [0.2, 0.25) is 0 Å². The van der Waals surface area contributed by atoms with Crippen LogP contribution in [0.4, 0.5) is 11.4 Å². The van der Waals surface area contributed by atoms with Gasteiger partial charge < -0.3 is 9.47 Å². The number of amidine groups is 1. The Balaban J connectivity index is 1.75. The number of carbonyl (C=O) groups excluding carboxylic acids is 1. The topological polar surface area (TPSA) is 74.9 Å². The lowest BCUT2D eigenvalue weighted by Crippen LogP contribution is -2.28. The maximum Gasteiger partial charge on any atom is 0.271 e. The molecule has 0 spiro atoms. The molecule has 0 saturated carbocycles. The molecule has 35 heavy (non-hydrogen) atoms. The van der Waals surface area contributed by atoms with Gasteiger partial charge >= 0.3 is 0 Å². The summed E-state index contributed by atoms with van der Waals surface area (Å²) in [6, 6.07) is 21.2. The summed E-state index contributed by atoms with van der Waals surface area (Å²) in [6.07, 6.45) is 1.80. The van der Waals surface area contributed by atoms with Crippen LogP contribution in [0.25, 0.3) is 6.08 Å². The minimum absolute atomic E-state index is 0.103. The summed E-state index contributed by atoms with van der Waals surface area (Å²) in [5.74, 6) is 0.731. The average Bonchev–Trinajstić information content (AvgIpc) is 3.14. The molecule has 0 aliphatic carbocycles. The molecule has 1 amide bonds. The number of anilines is 1. The van der Waals surface area contributed by atoms with Gasteiger partial charge in [-0.3, -0.25) is 9.69 Å². The van der Waals surface area contributed by atoms with Crippen LogP contribution in [0.15, 0.2) is 75.0 Å². The highest BCUT2D eigenvalue weighted by atomic mass is 79.9. The predicted octanol–water partition coefficient (Wildman–Crippen LogP) is 6.79. The van der Waals surface area contributed by atoms with E-state index in [2.05, 4.69) is 15.9 Å². The lowest BCUT2D eigenvalue weighted by molar-refractivity contribution is -0.113. The molecule has 0 radical (unpaired) electrons. The van der Waals surface area contributed by atoms with E-state index in [0.29, 0.717) is 26.0 Å². The third-order valence-electron chi connectivity index (χ3n) is 5.19. The molecule has 1 fully saturated rings. The summed E-state index contributed by atoms with van der Waals surface area (Å²) < 4.78 is 11.5. The number of halogens is 1. The third kappa shape index (κ3) is 5.59. The smallest absolute Gasteiger partial charge is 0.271 e. The highest BCUT2D eigenvalue weighted by Gasteiger charge is 2.35. The van der Waals surface area contributed by atoms with Gasteiger partial charge in [0.05, 0.1) is 27.9 Å². The number of rotatable bonds is 6. The SMILES string of the molecule is COc1cc(/C=C2\SC(=Nc3ccc(C)cc3)N(c3ccc(C)cc3)C2=O)cc(Br)c1OCC#N. The van der Waals surface area contributed by atoms with E-state index in [4.69, 9.17) is 19.7 Å². The average molecular weight is 548 g/mol. The van der Waals surface area contributed by atoms with E-state index in [1.807, 2.05) is 74.5 Å². The second-order valence-corrected chi connectivity index (χ2v) is 9.66. The number of thioether (sulfide) groups is 1. The number of hydrogen-bond acceptors (Lipinski definition) is 6. The van der Waals surface area contributed by atoms with Crippen LogP contribution in [0, 0.1) is 25.2 Å². The summed E-state index contributed by atoms with van der Waals surface area (Å²) in [5.41, 5.74) is 4.52. The van der Waals surface area contributed by atoms with Gasteiger partial charge in [0, 0.05) is 0 Å². The number of aliphatic imine (C=N–C) groups is 1. The van der Waals surface area contributed by atoms with E-state index < -0.39 is 0 Å². The molecule has 6 nitrogen and oxygen atoms in total. The van der Waals surface area contributed by atoms with Gasteiger partial charge in [0.15, 0.2) is 23.3 Å². The van der Waals surface area contributed by atoms with Crippen molar-refractivity contribution in [3.05, 3.63) is 86.7 Å². The summed E-state index contributed by atoms with van der Waals surface area (Å²) in [5, 5.41) is 9.41. The largest absolute Gasteiger partial charge is 0.493 e. The Morgan fingerprint density at radius 1 is 1.09 bits per heavy atom. The number of nitrogens with zero attached hydrogens (tertiary/aromatic N) is 3. The van der Waals surface area contributed by atoms with Crippen molar-refractivity contribution >= 4 is 56.2 Å². The molecule has 1 saturated heterocycles. The van der Waals surface area contributed by atoms with Crippen LogP contribution in [-0.4, -0.2) is 24.8 Å². The zero-order valence-electron chi connectivity index (χ0n) is 19.4. The Labute approximate surface area is 217 Å². The maximum atomic E-state index is 13.5. The Hall–Kier alpha value is -3.54. The molecule has 0 bridgehead atoms. The fourth-order valence-corrected chi connectivity index (χ4v) is 4.99. The van der Waals surface area contributed by atoms with Crippen LogP contribution in [0.1, 0.15) is 16.7 Å². The molecule has 0 aromatic heterocycles. The van der Waals surface area contributed by atoms with Crippen molar-refractivity contribution in [1.29, 1.82) is 5.26 Å². The van der Waals surface area contributed by atoms with Crippen molar-refractivity contribution in [2.24, 2.45) is 4.99 Å². The van der Waals surface area contributed by atoms with Crippen molar-refractivity contribution < 1.29 is 14.3 Å². The van der Waals surface area contributed by atoms with Crippen molar-refractivity contribution in [2.45, 2.75) is 13.8 Å². The number of ether oxygens (including phenoxy) is 2. The number of methoxy groups -OCH3 is 1. The second-order valence-electron chi connectivity index (χ2n) is 7.80. The van der Waals surface area contributed by atoms with Gasteiger partial charge in [-0.2, -0.15) is 5.26 Å². The summed E-state index contributed by atoms with van der Waals surface area (Å²) >= 11 is 4.80. The number of amides is 1. The van der Waals surface area contributed by atoms with Gasteiger partial charge in [-0.25, -0.2) is 4.99 Å². The van der Waals surface area contributed by atoms with Gasteiger partial charge in [-0.1, -0.05) is 35.4 Å². The number of aryl methyl sites for hydroxylation is 2. The molecule has 0 atom stereocenters. The Morgan fingerprint density at radius 2 is 1.74 bits per heavy atom. The molecule has 0 unspecified atom stereocenters. The molecule has 1 aliphatic heterocycles. The van der Waals surface area contributed by atoms with Crippen molar-refractivity contribution in [2.75, 3.05) is 18.6 Å². The second kappa shape index (κ2) is 10.8. The van der Waals surface area contributed by atoms with E-state index in [1.165, 1.54) is 18.9 Å². The lowest BCUT2D eigenvalue weighted by atomic mass is 10.1. The quantitative estimate of drug-likeness (QED) is 0.317. The third-order valence-corrected chi connectivity index (χ3v) is 6.75. The van der Waals surface area contributed by atoms with E-state index in [1.54, 1.807) is 17.0 Å². The minimum Gasteiger partial charge on any atom is -0.493 e. The molecule has 4 rings (SSSR count). The molecule has 3 aromatic rings. The molecule has 176 valence electrons. The summed E-state index contributed by atoms with van der Waals surface area (Å²) in [6.45, 7) is 3.92. The summed E-state index contributed by atoms with van der Waals surface area (Å²) in [4.78, 5) is 20.5. The predicted molar refractivity (Wildman–Crippen MR) is 144 cm³/mol. The maximum absolute atomic E-state index is 13.5. The Bertz CT molecular complexity index is 1360. The normalized spacial score (nSPS) is 15.5. The Morgan fingerprint density at radius 3 is 2.37 bits per heavy atom. The highest BCUT2D eigenvalue weighted by Crippen LogP contribution is 2.40. The van der Waals surface area contributed by atoms with E-state index in [-0.39, 0.29) is 12.5 Å². The van der Waals surface area contributed by atoms with Gasteiger partial charge in [0.25, 0.3) is 5.91 Å². The van der Waals surface area contributed by atoms with Crippen LogP contribution < -0.4 is 14.4 Å². The first-order valence-electron chi connectivity index (χ1n) is 10.7. The first-order valence-corrected chi connectivity index (χ1v) is 12.3. The van der Waals surface area contributed by atoms with Gasteiger partial charge in [0.1, 0.15) is 6.07 Å². The molecule has 3 aromatic carbocycles. The zero-order valence-corrected chi connectivity index (χ0v) is 21.8. The Kier molecular flexibility index (Phi) is 7.59. The molecular weight excluding hydrogens is 526 g/mol. The van der Waals surface area contributed by atoms with E-state index >= 15 is 0 Å². The number of benzene rings is 3. The zero-order chi connectivity index (χ0) is 24.9. The van der Waals surface area contributed by atoms with E-state index in [9.17, 15) is 4.79 Å². The molecule has 0 N–H and O–H groups in total. The summed E-state index contributed by atoms with van der Waals surface area (Å²) in [7, 11) is 1.53. The highest BCUT2D eigenvalue weighted by molar-refractivity contribution is 9.10. The number of nitriles is 1. The standard InChI is InChI=1S/C27H22BrN3O3S/c1-17-4-8-20(9-5-17)30-27-31(21-10-6-18(2)7-11-21)26(32)24(35-27)16-19-14-22(28)25(34-13-12-29)23(15-19)33-3/h4-11,14-16H,13H2,1-3H3/b24-16-,30-27?. The van der Waals surface area contributed by atoms with Crippen molar-refractivity contribution in [3.8, 4) is 17.6 Å². The van der Waals surface area contributed by atoms with Crippen LogP contribution in [0.2, 0.25) is 0 Å². The fourth-order valence-electron chi connectivity index (χ4n) is 3.42. The lowest BCUT2D eigenvalue weighted by Gasteiger charge is -2.16. The van der Waals surface area contributed by atoms with Gasteiger partial charge in [-0.15, -0.1) is 0 Å². The fraction of sp³-hybridized carbons (Fsp3) is 0.148. The molecular formula is C27H22BrN3O3S. The number of carbonyl (C=O) groups is 1. The van der Waals surface area contributed by atoms with Crippen LogP contribution in [-0.2, 0) is 4.79 Å².